The maximum absolute atomic E-state index is 12.7. The number of carbonyl (C=O) groups is 3. The van der Waals surface area contributed by atoms with E-state index in [4.69, 9.17) is 14.2 Å². The molecule has 0 rings (SSSR count). The van der Waals surface area contributed by atoms with Crippen LogP contribution in [0.25, 0.3) is 0 Å². The summed E-state index contributed by atoms with van der Waals surface area (Å²) in [6.07, 6.45) is 60.7. The highest BCUT2D eigenvalue weighted by molar-refractivity contribution is 5.71. The first-order valence-corrected chi connectivity index (χ1v) is 25.8. The molecule has 0 aliphatic rings. The van der Waals surface area contributed by atoms with Crippen LogP contribution in [0.5, 0.6) is 0 Å². The SMILES string of the molecule is CC/C=C\C/C=C\C/C=C\CCCCC(=O)OC(COC(=O)CCCCCCCCCCCC/C=C\C=C/CCCCC)COC(=O)CCCCCCCCCCCCCC. The first-order chi connectivity index (χ1) is 30.0. The van der Waals surface area contributed by atoms with Gasteiger partial charge in [-0.2, -0.15) is 0 Å². The van der Waals surface area contributed by atoms with Crippen molar-refractivity contribution in [3.8, 4) is 0 Å². The molecule has 0 saturated carbocycles. The molecule has 0 aromatic carbocycles. The molecule has 0 saturated heterocycles. The van der Waals surface area contributed by atoms with E-state index in [0.717, 1.165) is 70.6 Å². The molecular weight excluding hydrogens is 757 g/mol. The van der Waals surface area contributed by atoms with Crippen LogP contribution in [0.2, 0.25) is 0 Å². The second-order valence-corrected chi connectivity index (χ2v) is 17.1. The molecule has 0 aliphatic heterocycles. The van der Waals surface area contributed by atoms with E-state index in [1.165, 1.54) is 135 Å². The zero-order chi connectivity index (χ0) is 44.4. The summed E-state index contributed by atoms with van der Waals surface area (Å²) >= 11 is 0. The average molecular weight is 853 g/mol. The molecular formula is C55H96O6. The van der Waals surface area contributed by atoms with Gasteiger partial charge in [0.1, 0.15) is 13.2 Å². The maximum atomic E-state index is 12.7. The minimum Gasteiger partial charge on any atom is -0.462 e. The van der Waals surface area contributed by atoms with Crippen LogP contribution in [-0.2, 0) is 28.6 Å². The normalized spacial score (nSPS) is 12.5. The molecule has 0 aliphatic carbocycles. The van der Waals surface area contributed by atoms with Gasteiger partial charge in [-0.05, 0) is 77.0 Å². The number of hydrogen-bond acceptors (Lipinski definition) is 6. The lowest BCUT2D eigenvalue weighted by molar-refractivity contribution is -0.167. The number of hydrogen-bond donors (Lipinski definition) is 0. The molecule has 1 unspecified atom stereocenters. The number of unbranched alkanes of at least 4 members (excludes halogenated alkanes) is 26. The summed E-state index contributed by atoms with van der Waals surface area (Å²) < 4.78 is 16.7. The van der Waals surface area contributed by atoms with Crippen molar-refractivity contribution in [2.75, 3.05) is 13.2 Å². The second-order valence-electron chi connectivity index (χ2n) is 17.1. The first kappa shape index (κ1) is 58.1. The van der Waals surface area contributed by atoms with Crippen LogP contribution >= 0.6 is 0 Å². The van der Waals surface area contributed by atoms with E-state index in [1.54, 1.807) is 0 Å². The molecule has 0 heterocycles. The molecule has 6 nitrogen and oxygen atoms in total. The van der Waals surface area contributed by atoms with Gasteiger partial charge in [-0.1, -0.05) is 216 Å². The topological polar surface area (TPSA) is 78.9 Å². The van der Waals surface area contributed by atoms with E-state index in [-0.39, 0.29) is 37.5 Å². The van der Waals surface area contributed by atoms with Crippen molar-refractivity contribution in [3.63, 3.8) is 0 Å². The van der Waals surface area contributed by atoms with E-state index >= 15 is 0 Å². The van der Waals surface area contributed by atoms with E-state index in [1.807, 2.05) is 0 Å². The third-order valence-electron chi connectivity index (χ3n) is 11.0. The average Bonchev–Trinajstić information content (AvgIpc) is 3.26. The monoisotopic (exact) mass is 853 g/mol. The lowest BCUT2D eigenvalue weighted by Gasteiger charge is -2.18. The Hall–Kier alpha value is -2.89. The van der Waals surface area contributed by atoms with Crippen LogP contribution in [0.3, 0.4) is 0 Å². The van der Waals surface area contributed by atoms with Gasteiger partial charge in [0.25, 0.3) is 0 Å². The summed E-state index contributed by atoms with van der Waals surface area (Å²) in [6, 6.07) is 0. The molecule has 0 fully saturated rings. The highest BCUT2D eigenvalue weighted by Gasteiger charge is 2.19. The third kappa shape index (κ3) is 48.0. The second kappa shape index (κ2) is 49.8. The minimum absolute atomic E-state index is 0.0888. The minimum atomic E-state index is -0.792. The van der Waals surface area contributed by atoms with Crippen LogP contribution in [0.15, 0.2) is 60.8 Å². The van der Waals surface area contributed by atoms with Crippen LogP contribution in [-0.4, -0.2) is 37.2 Å². The van der Waals surface area contributed by atoms with Crippen molar-refractivity contribution in [3.05, 3.63) is 60.8 Å². The number of carbonyl (C=O) groups excluding carboxylic acids is 3. The number of ether oxygens (including phenoxy) is 3. The fraction of sp³-hybridized carbons (Fsp3) is 0.764. The fourth-order valence-corrected chi connectivity index (χ4v) is 7.15. The van der Waals surface area contributed by atoms with Gasteiger partial charge in [-0.15, -0.1) is 0 Å². The van der Waals surface area contributed by atoms with Crippen molar-refractivity contribution < 1.29 is 28.6 Å². The van der Waals surface area contributed by atoms with Crippen molar-refractivity contribution in [2.24, 2.45) is 0 Å². The molecule has 1 atom stereocenters. The van der Waals surface area contributed by atoms with Gasteiger partial charge in [0.2, 0.25) is 0 Å². The Balaban J connectivity index is 4.35. The van der Waals surface area contributed by atoms with Gasteiger partial charge in [0, 0.05) is 19.3 Å². The molecule has 0 N–H and O–H groups in total. The highest BCUT2D eigenvalue weighted by atomic mass is 16.6. The number of allylic oxidation sites excluding steroid dienone is 10. The highest BCUT2D eigenvalue weighted by Crippen LogP contribution is 2.15. The summed E-state index contributed by atoms with van der Waals surface area (Å²) in [6.45, 7) is 6.46. The summed E-state index contributed by atoms with van der Waals surface area (Å²) in [5, 5.41) is 0. The van der Waals surface area contributed by atoms with E-state index in [2.05, 4.69) is 81.5 Å². The summed E-state index contributed by atoms with van der Waals surface area (Å²) in [5.41, 5.74) is 0. The summed E-state index contributed by atoms with van der Waals surface area (Å²) in [5.74, 6) is -0.928. The number of esters is 3. The molecule has 0 radical (unpaired) electrons. The molecule has 6 heteroatoms. The van der Waals surface area contributed by atoms with Gasteiger partial charge < -0.3 is 14.2 Å². The van der Waals surface area contributed by atoms with Crippen molar-refractivity contribution in [2.45, 2.75) is 258 Å². The van der Waals surface area contributed by atoms with E-state index in [9.17, 15) is 14.4 Å². The molecule has 0 amide bonds. The molecule has 0 aromatic rings. The van der Waals surface area contributed by atoms with Gasteiger partial charge in [-0.3, -0.25) is 14.4 Å². The first-order valence-electron chi connectivity index (χ1n) is 25.8. The van der Waals surface area contributed by atoms with Crippen molar-refractivity contribution in [1.82, 2.24) is 0 Å². The third-order valence-corrected chi connectivity index (χ3v) is 11.0. The van der Waals surface area contributed by atoms with Gasteiger partial charge in [-0.25, -0.2) is 0 Å². The number of rotatable bonds is 46. The van der Waals surface area contributed by atoms with E-state index < -0.39 is 6.10 Å². The van der Waals surface area contributed by atoms with Crippen molar-refractivity contribution >= 4 is 17.9 Å². The Morgan fingerprint density at radius 1 is 0.361 bits per heavy atom. The Kier molecular flexibility index (Phi) is 47.4. The Morgan fingerprint density at radius 3 is 1.16 bits per heavy atom. The van der Waals surface area contributed by atoms with Gasteiger partial charge in [0.05, 0.1) is 0 Å². The quantitative estimate of drug-likeness (QED) is 0.0200. The summed E-state index contributed by atoms with van der Waals surface area (Å²) in [7, 11) is 0. The van der Waals surface area contributed by atoms with Crippen LogP contribution < -0.4 is 0 Å². The predicted octanol–water partition coefficient (Wildman–Crippen LogP) is 16.9. The molecule has 352 valence electrons. The summed E-state index contributed by atoms with van der Waals surface area (Å²) in [4.78, 5) is 37.9. The van der Waals surface area contributed by atoms with Crippen LogP contribution in [0.4, 0.5) is 0 Å². The lowest BCUT2D eigenvalue weighted by atomic mass is 10.0. The maximum Gasteiger partial charge on any atom is 0.306 e. The van der Waals surface area contributed by atoms with Crippen molar-refractivity contribution in [1.29, 1.82) is 0 Å². The Labute approximate surface area is 377 Å². The van der Waals surface area contributed by atoms with E-state index in [0.29, 0.717) is 19.3 Å². The standard InChI is InChI=1S/C55H96O6/c1-4-7-10-13-16-19-22-25-26-27-28-29-30-31-34-36-39-42-45-48-54(57)60-51-52(61-55(58)49-46-43-40-37-33-24-21-18-15-12-9-6-3)50-59-53(56)47-44-41-38-35-32-23-20-17-14-11-8-5-2/h9,12,16,18-19,21-22,25,33,37,52H,4-8,10-11,13-15,17,20,23-24,26-32,34-36,38-51H2,1-3H3/b12-9-,19-16-,21-18-,25-22-,37-33-. The van der Waals surface area contributed by atoms with Crippen LogP contribution in [0.1, 0.15) is 252 Å². The Morgan fingerprint density at radius 2 is 0.689 bits per heavy atom. The lowest BCUT2D eigenvalue weighted by Crippen LogP contribution is -2.30. The molecule has 0 bridgehead atoms. The predicted molar refractivity (Wildman–Crippen MR) is 261 cm³/mol. The molecule has 0 spiro atoms. The van der Waals surface area contributed by atoms with Gasteiger partial charge >= 0.3 is 17.9 Å². The zero-order valence-corrected chi connectivity index (χ0v) is 40.2. The smallest absolute Gasteiger partial charge is 0.306 e. The fourth-order valence-electron chi connectivity index (χ4n) is 7.15. The Bertz CT molecular complexity index is 1120. The molecule has 0 aromatic heterocycles. The zero-order valence-electron chi connectivity index (χ0n) is 40.2. The van der Waals surface area contributed by atoms with Gasteiger partial charge in [0.15, 0.2) is 6.10 Å². The molecule has 61 heavy (non-hydrogen) atoms. The van der Waals surface area contributed by atoms with Crippen LogP contribution in [0, 0.1) is 0 Å². The largest absolute Gasteiger partial charge is 0.462 e.